The average Bonchev–Trinajstić information content (AvgIpc) is 3.13. The van der Waals surface area contributed by atoms with Crippen LogP contribution in [0.15, 0.2) is 66.9 Å². The van der Waals surface area contributed by atoms with Crippen LogP contribution < -0.4 is 30.7 Å². The van der Waals surface area contributed by atoms with Crippen LogP contribution >= 0.6 is 0 Å². The van der Waals surface area contributed by atoms with Crippen LogP contribution in [0.5, 0.6) is 11.5 Å². The molecule has 2 aliphatic rings. The van der Waals surface area contributed by atoms with Gasteiger partial charge < -0.3 is 60.8 Å². The van der Waals surface area contributed by atoms with Crippen molar-refractivity contribution in [3.63, 3.8) is 0 Å². The van der Waals surface area contributed by atoms with Gasteiger partial charge in [-0.3, -0.25) is 15.0 Å². The van der Waals surface area contributed by atoms with E-state index in [0.29, 0.717) is 31.7 Å². The van der Waals surface area contributed by atoms with E-state index in [4.69, 9.17) is 25.4 Å². The Morgan fingerprint density at radius 1 is 1.00 bits per heavy atom. The van der Waals surface area contributed by atoms with Crippen molar-refractivity contribution < 1.29 is 44.2 Å². The average molecular weight is 680 g/mol. The summed E-state index contributed by atoms with van der Waals surface area (Å²) in [5, 5.41) is 54.0. The molecule has 9 N–H and O–H groups in total. The highest BCUT2D eigenvalue weighted by molar-refractivity contribution is 5.95. The van der Waals surface area contributed by atoms with Crippen molar-refractivity contribution in [3.05, 3.63) is 78.0 Å². The lowest BCUT2D eigenvalue weighted by Gasteiger charge is -2.40. The predicted molar refractivity (Wildman–Crippen MR) is 177 cm³/mol. The predicted octanol–water partition coefficient (Wildman–Crippen LogP) is -0.829. The molecule has 6 unspecified atom stereocenters. The number of hydrogen-bond acceptors (Lipinski definition) is 13. The van der Waals surface area contributed by atoms with E-state index >= 15 is 0 Å². The van der Waals surface area contributed by atoms with E-state index in [1.54, 1.807) is 36.3 Å². The highest BCUT2D eigenvalue weighted by atomic mass is 16.7. The van der Waals surface area contributed by atoms with E-state index < -0.39 is 49.3 Å². The van der Waals surface area contributed by atoms with Crippen LogP contribution in [0.1, 0.15) is 17.2 Å². The summed E-state index contributed by atoms with van der Waals surface area (Å²) in [6.45, 7) is 1.10. The third kappa shape index (κ3) is 8.18. The number of para-hydroxylation sites is 3. The lowest BCUT2D eigenvalue weighted by atomic mass is 9.99. The van der Waals surface area contributed by atoms with Crippen molar-refractivity contribution in [2.24, 2.45) is 5.73 Å². The number of benzene rings is 2. The molecule has 3 heterocycles. The topological polar surface area (TPSA) is 236 Å². The van der Waals surface area contributed by atoms with Gasteiger partial charge in [0, 0.05) is 43.5 Å². The number of piperazine rings is 1. The number of amides is 2. The number of nitrogens with one attached hydrogen (secondary N) is 3. The van der Waals surface area contributed by atoms with E-state index in [9.17, 15) is 30.0 Å². The summed E-state index contributed by atoms with van der Waals surface area (Å²) in [5.41, 5.74) is 7.12. The molecular weight excluding hydrogens is 638 g/mol. The van der Waals surface area contributed by atoms with Gasteiger partial charge in [0.05, 0.1) is 25.9 Å². The Balaban J connectivity index is 1.31. The van der Waals surface area contributed by atoms with Gasteiger partial charge in [0.25, 0.3) is 0 Å². The molecule has 2 aromatic carbocycles. The largest absolute Gasteiger partial charge is 0.495 e. The molecule has 2 fully saturated rings. The minimum atomic E-state index is -1.69. The van der Waals surface area contributed by atoms with Crippen LogP contribution in [0, 0.1) is 5.41 Å². The molecule has 0 radical (unpaired) electrons. The van der Waals surface area contributed by atoms with E-state index in [1.165, 1.54) is 18.3 Å². The lowest BCUT2D eigenvalue weighted by molar-refractivity contribution is -0.277. The third-order valence-electron chi connectivity index (χ3n) is 8.42. The Labute approximate surface area is 282 Å². The van der Waals surface area contributed by atoms with Crippen LogP contribution in [-0.2, 0) is 14.3 Å². The summed E-state index contributed by atoms with van der Waals surface area (Å²) in [6.07, 6.45) is -6.30. The number of aliphatic hydroxyl groups is 4. The molecule has 16 heteroatoms. The highest BCUT2D eigenvalue weighted by Gasteiger charge is 2.45. The molecule has 16 nitrogen and oxygen atoms in total. The molecule has 6 atom stereocenters. The molecule has 0 saturated carbocycles. The van der Waals surface area contributed by atoms with E-state index in [2.05, 4.69) is 20.5 Å². The molecule has 2 saturated heterocycles. The normalized spacial score (nSPS) is 22.9. The first kappa shape index (κ1) is 35.3. The SMILES string of the molecule is COc1ccccc1N1CCN(C(=O)CNC(=O)C(Nc2ccc(C(=N)N)cn2)c2ccccc2OC2OC(CO)C(O)C(O)C2O)CC1. The minimum absolute atomic E-state index is 0.0682. The van der Waals surface area contributed by atoms with Crippen LogP contribution in [0.3, 0.4) is 0 Å². The molecule has 262 valence electrons. The van der Waals surface area contributed by atoms with Crippen LogP contribution in [0.2, 0.25) is 0 Å². The number of nitrogen functional groups attached to an aromatic ring is 1. The minimum Gasteiger partial charge on any atom is -0.495 e. The van der Waals surface area contributed by atoms with E-state index in [1.807, 2.05) is 24.3 Å². The fourth-order valence-electron chi connectivity index (χ4n) is 5.65. The van der Waals surface area contributed by atoms with Crippen molar-refractivity contribution in [3.8, 4) is 11.5 Å². The molecule has 5 rings (SSSR count). The number of methoxy groups -OCH3 is 1. The van der Waals surface area contributed by atoms with Crippen molar-refractivity contribution in [2.45, 2.75) is 36.7 Å². The second kappa shape index (κ2) is 15.9. The summed E-state index contributed by atoms with van der Waals surface area (Å²) >= 11 is 0. The summed E-state index contributed by atoms with van der Waals surface area (Å²) in [4.78, 5) is 35.1. The standard InChI is InChI=1S/C33H41N7O9/c1-47-23-9-5-3-7-21(23)39-12-14-40(15-13-39)26(42)17-37-32(46)27(38-25-11-10-19(16-36-25)31(34)35)20-6-2-4-8-22(20)48-33-30(45)29(44)28(43)24(18-41)49-33/h2-11,16,24,27-30,33,41,43-45H,12-15,17-18H2,1H3,(H3,34,35)(H,36,38)(H,37,46). The van der Waals surface area contributed by atoms with Crippen molar-refractivity contribution in [2.75, 3.05) is 56.7 Å². The first-order valence-corrected chi connectivity index (χ1v) is 15.7. The summed E-state index contributed by atoms with van der Waals surface area (Å²) in [6, 6.07) is 15.9. The first-order valence-electron chi connectivity index (χ1n) is 15.7. The van der Waals surface area contributed by atoms with Gasteiger partial charge in [-0.05, 0) is 30.3 Å². The van der Waals surface area contributed by atoms with E-state index in [-0.39, 0.29) is 35.4 Å². The number of aliphatic hydroxyl groups excluding tert-OH is 4. The number of nitrogens with zero attached hydrogens (tertiary/aromatic N) is 3. The fourth-order valence-corrected chi connectivity index (χ4v) is 5.65. The molecule has 3 aromatic rings. The Morgan fingerprint density at radius 3 is 2.35 bits per heavy atom. The Bertz CT molecular complexity index is 1600. The van der Waals surface area contributed by atoms with Gasteiger partial charge in [0.15, 0.2) is 0 Å². The Morgan fingerprint density at radius 2 is 1.69 bits per heavy atom. The van der Waals surface area contributed by atoms with Gasteiger partial charge in [-0.15, -0.1) is 0 Å². The molecule has 0 spiro atoms. The molecule has 1 aromatic heterocycles. The van der Waals surface area contributed by atoms with Gasteiger partial charge in [0.2, 0.25) is 18.1 Å². The Kier molecular flexibility index (Phi) is 11.5. The number of rotatable bonds is 12. The van der Waals surface area contributed by atoms with Gasteiger partial charge >= 0.3 is 0 Å². The molecule has 2 aliphatic heterocycles. The number of amidine groups is 1. The number of carbonyl (C=O) groups excluding carboxylic acids is 2. The number of nitrogens with two attached hydrogens (primary N) is 1. The lowest BCUT2D eigenvalue weighted by Crippen LogP contribution is -2.60. The van der Waals surface area contributed by atoms with Gasteiger partial charge in [-0.2, -0.15) is 0 Å². The van der Waals surface area contributed by atoms with Crippen molar-refractivity contribution >= 4 is 29.2 Å². The Hall–Kier alpha value is -5.00. The number of aromatic nitrogens is 1. The molecular formula is C33H41N7O9. The highest BCUT2D eigenvalue weighted by Crippen LogP contribution is 2.32. The smallest absolute Gasteiger partial charge is 0.247 e. The second-order valence-corrected chi connectivity index (χ2v) is 11.5. The fraction of sp³-hybridized carbons (Fsp3) is 0.394. The van der Waals surface area contributed by atoms with Gasteiger partial charge in [-0.1, -0.05) is 30.3 Å². The maximum atomic E-state index is 13.8. The third-order valence-corrected chi connectivity index (χ3v) is 8.42. The maximum absolute atomic E-state index is 13.8. The zero-order valence-corrected chi connectivity index (χ0v) is 26.8. The monoisotopic (exact) mass is 679 g/mol. The summed E-state index contributed by atoms with van der Waals surface area (Å²) in [5.74, 6) is -0.0155. The van der Waals surface area contributed by atoms with Crippen LogP contribution in [0.4, 0.5) is 11.5 Å². The van der Waals surface area contributed by atoms with Gasteiger partial charge in [-0.25, -0.2) is 4.98 Å². The van der Waals surface area contributed by atoms with Crippen molar-refractivity contribution in [1.29, 1.82) is 5.41 Å². The van der Waals surface area contributed by atoms with Crippen LogP contribution in [-0.4, -0.2) is 125 Å². The number of carbonyl (C=O) groups is 2. The number of pyridine rings is 1. The summed E-state index contributed by atoms with van der Waals surface area (Å²) < 4.78 is 16.9. The molecule has 0 aliphatic carbocycles. The molecule has 49 heavy (non-hydrogen) atoms. The zero-order valence-electron chi connectivity index (χ0n) is 26.8. The number of ether oxygens (including phenoxy) is 3. The van der Waals surface area contributed by atoms with Crippen LogP contribution in [0.25, 0.3) is 0 Å². The second-order valence-electron chi connectivity index (χ2n) is 11.5. The van der Waals surface area contributed by atoms with E-state index in [0.717, 1.165) is 11.4 Å². The quantitative estimate of drug-likeness (QED) is 0.0863. The zero-order chi connectivity index (χ0) is 35.1. The maximum Gasteiger partial charge on any atom is 0.247 e. The number of anilines is 2. The molecule has 2 amide bonds. The molecule has 0 bridgehead atoms. The number of hydrogen-bond donors (Lipinski definition) is 8. The first-order chi connectivity index (χ1) is 23.6. The van der Waals surface area contributed by atoms with Crippen molar-refractivity contribution in [1.82, 2.24) is 15.2 Å². The summed E-state index contributed by atoms with van der Waals surface area (Å²) in [7, 11) is 1.61. The van der Waals surface area contributed by atoms with Gasteiger partial charge in [0.1, 0.15) is 53.6 Å².